The molecule has 0 bridgehead atoms. The quantitative estimate of drug-likeness (QED) is 0.860. The molecule has 0 atom stereocenters. The largest absolute Gasteiger partial charge is 0.351 e. The molecular weight excluding hydrogens is 264 g/mol. The summed E-state index contributed by atoms with van der Waals surface area (Å²) in [5.74, 6) is 0.451. The van der Waals surface area contributed by atoms with Gasteiger partial charge < -0.3 is 9.47 Å². The molecule has 1 aliphatic rings. The molecule has 3 rings (SSSR count). The van der Waals surface area contributed by atoms with Crippen LogP contribution in [-0.2, 0) is 6.54 Å². The Balaban J connectivity index is 1.85. The van der Waals surface area contributed by atoms with Crippen molar-refractivity contribution in [2.45, 2.75) is 25.4 Å². The predicted molar refractivity (Wildman–Crippen MR) is 80.0 cm³/mol. The van der Waals surface area contributed by atoms with Crippen molar-refractivity contribution in [3.8, 4) is 6.07 Å². The Kier molecular flexibility index (Phi) is 3.44. The lowest BCUT2D eigenvalue weighted by atomic mass is 10.1. The number of anilines is 1. The summed E-state index contributed by atoms with van der Waals surface area (Å²) in [5.41, 5.74) is 1.57. The number of aromatic nitrogens is 2. The van der Waals surface area contributed by atoms with Gasteiger partial charge in [0.05, 0.1) is 11.6 Å². The highest BCUT2D eigenvalue weighted by molar-refractivity contribution is 5.39. The number of hydrogen-bond acceptors (Lipinski definition) is 4. The molecule has 0 N–H and O–H groups in total. The van der Waals surface area contributed by atoms with Gasteiger partial charge in [0.25, 0.3) is 5.56 Å². The molecule has 0 saturated heterocycles. The minimum atomic E-state index is -0.0427. The third kappa shape index (κ3) is 2.79. The minimum absolute atomic E-state index is 0.0427. The lowest BCUT2D eigenvalue weighted by Crippen LogP contribution is -2.30. The van der Waals surface area contributed by atoms with Crippen LogP contribution in [-0.4, -0.2) is 16.6 Å². The van der Waals surface area contributed by atoms with Crippen molar-refractivity contribution >= 4 is 5.82 Å². The van der Waals surface area contributed by atoms with Gasteiger partial charge in [-0.15, -0.1) is 0 Å². The molecule has 1 aliphatic carbocycles. The molecule has 0 aliphatic heterocycles. The summed E-state index contributed by atoms with van der Waals surface area (Å²) < 4.78 is 1.77. The fourth-order valence-electron chi connectivity index (χ4n) is 2.40. The van der Waals surface area contributed by atoms with E-state index in [4.69, 9.17) is 5.26 Å². The van der Waals surface area contributed by atoms with Crippen molar-refractivity contribution in [1.82, 2.24) is 9.55 Å². The summed E-state index contributed by atoms with van der Waals surface area (Å²) >= 11 is 0. The fraction of sp³-hybridized carbons (Fsp3) is 0.312. The average Bonchev–Trinajstić information content (AvgIpc) is 3.32. The van der Waals surface area contributed by atoms with Gasteiger partial charge in [0.2, 0.25) is 0 Å². The molecule has 1 heterocycles. The Morgan fingerprint density at radius 2 is 2.29 bits per heavy atom. The number of hydrogen-bond donors (Lipinski definition) is 0. The summed E-state index contributed by atoms with van der Waals surface area (Å²) in [7, 11) is 1.85. The first-order chi connectivity index (χ1) is 10.2. The number of benzene rings is 1. The molecule has 1 saturated carbocycles. The van der Waals surface area contributed by atoms with Crippen LogP contribution in [0.3, 0.4) is 0 Å². The predicted octanol–water partition coefficient (Wildman–Crippen LogP) is 2.09. The van der Waals surface area contributed by atoms with Crippen molar-refractivity contribution in [2.75, 3.05) is 11.9 Å². The maximum absolute atomic E-state index is 12.4. The van der Waals surface area contributed by atoms with Gasteiger partial charge in [0.1, 0.15) is 0 Å². The topological polar surface area (TPSA) is 61.9 Å². The van der Waals surface area contributed by atoms with Crippen LogP contribution in [0.15, 0.2) is 41.5 Å². The van der Waals surface area contributed by atoms with E-state index in [1.165, 1.54) is 0 Å². The maximum Gasteiger partial charge on any atom is 0.293 e. The molecule has 21 heavy (non-hydrogen) atoms. The second kappa shape index (κ2) is 5.41. The van der Waals surface area contributed by atoms with Crippen LogP contribution in [0.25, 0.3) is 0 Å². The van der Waals surface area contributed by atoms with Gasteiger partial charge in [-0.1, -0.05) is 12.1 Å². The van der Waals surface area contributed by atoms with Crippen LogP contribution in [0.2, 0.25) is 0 Å². The monoisotopic (exact) mass is 280 g/mol. The SMILES string of the molecule is CN(Cc1cccc(C#N)c1)c1nccn(C2CC2)c1=O. The molecule has 106 valence electrons. The van der Waals surface area contributed by atoms with Crippen molar-refractivity contribution < 1.29 is 0 Å². The number of nitriles is 1. The molecule has 5 heteroatoms. The molecule has 1 aromatic heterocycles. The minimum Gasteiger partial charge on any atom is -0.351 e. The van der Waals surface area contributed by atoms with E-state index in [1.807, 2.05) is 30.1 Å². The highest BCUT2D eigenvalue weighted by Crippen LogP contribution is 2.33. The van der Waals surface area contributed by atoms with Gasteiger partial charge >= 0.3 is 0 Å². The van der Waals surface area contributed by atoms with E-state index >= 15 is 0 Å². The van der Waals surface area contributed by atoms with Crippen LogP contribution < -0.4 is 10.5 Å². The lowest BCUT2D eigenvalue weighted by molar-refractivity contribution is 0.690. The molecule has 0 radical (unpaired) electrons. The Labute approximate surface area is 123 Å². The van der Waals surface area contributed by atoms with E-state index in [0.717, 1.165) is 18.4 Å². The summed E-state index contributed by atoms with van der Waals surface area (Å²) in [6, 6.07) is 9.86. The van der Waals surface area contributed by atoms with E-state index < -0.39 is 0 Å². The molecule has 5 nitrogen and oxygen atoms in total. The van der Waals surface area contributed by atoms with Crippen LogP contribution in [0.4, 0.5) is 5.82 Å². The molecular formula is C16H16N4O. The standard InChI is InChI=1S/C16H16N4O/c1-19(11-13-4-2-3-12(9-13)10-17)15-16(21)20(8-7-18-15)14-5-6-14/h2-4,7-9,14H,5-6,11H2,1H3. The van der Waals surface area contributed by atoms with Crippen molar-refractivity contribution in [3.05, 3.63) is 58.1 Å². The van der Waals surface area contributed by atoms with E-state index in [1.54, 1.807) is 23.0 Å². The number of rotatable bonds is 4. The van der Waals surface area contributed by atoms with Crippen molar-refractivity contribution in [3.63, 3.8) is 0 Å². The maximum atomic E-state index is 12.4. The normalized spacial score (nSPS) is 13.7. The first-order valence-corrected chi connectivity index (χ1v) is 6.96. The Hall–Kier alpha value is -2.61. The zero-order valence-electron chi connectivity index (χ0n) is 11.9. The summed E-state index contributed by atoms with van der Waals surface area (Å²) in [5, 5.41) is 8.93. The third-order valence-electron chi connectivity index (χ3n) is 3.63. The van der Waals surface area contributed by atoms with Gasteiger partial charge in [-0.3, -0.25) is 4.79 Å². The third-order valence-corrected chi connectivity index (χ3v) is 3.63. The first-order valence-electron chi connectivity index (χ1n) is 6.96. The Morgan fingerprint density at radius 3 is 3.00 bits per heavy atom. The highest BCUT2D eigenvalue weighted by Gasteiger charge is 2.25. The summed E-state index contributed by atoms with van der Waals surface area (Å²) in [6.07, 6.45) is 5.57. The first kappa shape index (κ1) is 13.4. The number of nitrogens with zero attached hydrogens (tertiary/aromatic N) is 4. The zero-order valence-corrected chi connectivity index (χ0v) is 11.9. The molecule has 2 aromatic rings. The Bertz CT molecular complexity index is 755. The zero-order chi connectivity index (χ0) is 14.8. The van der Waals surface area contributed by atoms with Crippen molar-refractivity contribution in [2.24, 2.45) is 0 Å². The Morgan fingerprint density at radius 1 is 1.48 bits per heavy atom. The van der Waals surface area contributed by atoms with Gasteiger partial charge in [0, 0.05) is 32.0 Å². The fourth-order valence-corrected chi connectivity index (χ4v) is 2.40. The highest BCUT2D eigenvalue weighted by atomic mass is 16.1. The van der Waals surface area contributed by atoms with Crippen LogP contribution in [0.5, 0.6) is 0 Å². The summed E-state index contributed by atoms with van der Waals surface area (Å²) in [4.78, 5) is 18.5. The second-order valence-electron chi connectivity index (χ2n) is 5.36. The summed E-state index contributed by atoms with van der Waals surface area (Å²) in [6.45, 7) is 0.548. The second-order valence-corrected chi connectivity index (χ2v) is 5.36. The molecule has 0 unspecified atom stereocenters. The van der Waals surface area contributed by atoms with E-state index in [0.29, 0.717) is 24.0 Å². The molecule has 0 spiro atoms. The van der Waals surface area contributed by atoms with E-state index in [-0.39, 0.29) is 5.56 Å². The van der Waals surface area contributed by atoms with E-state index in [2.05, 4.69) is 11.1 Å². The average molecular weight is 280 g/mol. The molecule has 1 fully saturated rings. The van der Waals surface area contributed by atoms with Gasteiger partial charge in [-0.2, -0.15) is 5.26 Å². The van der Waals surface area contributed by atoms with Gasteiger partial charge in [0.15, 0.2) is 5.82 Å². The van der Waals surface area contributed by atoms with Crippen molar-refractivity contribution in [1.29, 1.82) is 5.26 Å². The van der Waals surface area contributed by atoms with Crippen LogP contribution in [0.1, 0.15) is 30.0 Å². The van der Waals surface area contributed by atoms with Gasteiger partial charge in [-0.25, -0.2) is 4.98 Å². The van der Waals surface area contributed by atoms with E-state index in [9.17, 15) is 4.79 Å². The van der Waals surface area contributed by atoms with Gasteiger partial charge in [-0.05, 0) is 30.5 Å². The van der Waals surface area contributed by atoms with Crippen LogP contribution >= 0.6 is 0 Å². The molecule has 1 aromatic carbocycles. The molecule has 0 amide bonds. The van der Waals surface area contributed by atoms with Crippen LogP contribution in [0, 0.1) is 11.3 Å². The lowest BCUT2D eigenvalue weighted by Gasteiger charge is -2.18. The smallest absolute Gasteiger partial charge is 0.293 e.